The van der Waals surface area contributed by atoms with Crippen LogP contribution in [0, 0.1) is 6.92 Å². The average molecular weight is 366 g/mol. The zero-order valence-corrected chi connectivity index (χ0v) is 15.8. The van der Waals surface area contributed by atoms with E-state index in [-0.39, 0.29) is 11.5 Å². The zero-order chi connectivity index (χ0) is 18.7. The largest absolute Gasteiger partial charge is 0.372 e. The summed E-state index contributed by atoms with van der Waals surface area (Å²) in [6, 6.07) is 9.70. The van der Waals surface area contributed by atoms with E-state index in [0.29, 0.717) is 5.69 Å². The van der Waals surface area contributed by atoms with E-state index < -0.39 is 0 Å². The van der Waals surface area contributed by atoms with Gasteiger partial charge in [-0.2, -0.15) is 0 Å². The minimum absolute atomic E-state index is 0.0246. The molecule has 6 heteroatoms. The Morgan fingerprint density at radius 1 is 1.19 bits per heavy atom. The van der Waals surface area contributed by atoms with Crippen molar-refractivity contribution in [2.24, 2.45) is 0 Å². The lowest BCUT2D eigenvalue weighted by atomic mass is 9.89. The molecule has 2 aromatic heterocycles. The molecule has 0 atom stereocenters. The van der Waals surface area contributed by atoms with Gasteiger partial charge in [-0.15, -0.1) is 0 Å². The highest BCUT2D eigenvalue weighted by molar-refractivity contribution is 5.92. The van der Waals surface area contributed by atoms with Crippen LogP contribution in [-0.4, -0.2) is 64.1 Å². The van der Waals surface area contributed by atoms with E-state index in [9.17, 15) is 4.79 Å². The monoisotopic (exact) mass is 366 g/mol. The molecule has 6 nitrogen and oxygen atoms in total. The van der Waals surface area contributed by atoms with E-state index in [4.69, 9.17) is 4.74 Å². The molecule has 0 N–H and O–H groups in total. The van der Waals surface area contributed by atoms with Crippen LogP contribution in [0.15, 0.2) is 42.7 Å². The van der Waals surface area contributed by atoms with E-state index >= 15 is 0 Å². The van der Waals surface area contributed by atoms with Crippen molar-refractivity contribution in [3.63, 3.8) is 0 Å². The Labute approximate surface area is 160 Å². The lowest BCUT2D eigenvalue weighted by Crippen LogP contribution is -2.57. The number of ether oxygens (including phenoxy) is 1. The molecule has 142 valence electrons. The maximum atomic E-state index is 12.7. The highest BCUT2D eigenvalue weighted by Gasteiger charge is 2.40. The van der Waals surface area contributed by atoms with Crippen LogP contribution in [0.25, 0.3) is 0 Å². The van der Waals surface area contributed by atoms with Crippen LogP contribution >= 0.6 is 0 Å². The molecule has 2 aliphatic heterocycles. The first-order valence-electron chi connectivity index (χ1n) is 9.62. The highest BCUT2D eigenvalue weighted by Crippen LogP contribution is 2.31. The van der Waals surface area contributed by atoms with Crippen LogP contribution in [-0.2, 0) is 11.3 Å². The van der Waals surface area contributed by atoms with Gasteiger partial charge in [-0.3, -0.25) is 14.7 Å². The lowest BCUT2D eigenvalue weighted by molar-refractivity contribution is -0.134. The minimum atomic E-state index is -0.142. The normalized spacial score (nSPS) is 20.0. The molecule has 2 fully saturated rings. The zero-order valence-electron chi connectivity index (χ0n) is 15.8. The third-order valence-corrected chi connectivity index (χ3v) is 5.53. The van der Waals surface area contributed by atoms with Crippen LogP contribution in [0.3, 0.4) is 0 Å². The molecule has 0 aromatic carbocycles. The van der Waals surface area contributed by atoms with Gasteiger partial charge in [0.25, 0.3) is 5.91 Å². The fourth-order valence-electron chi connectivity index (χ4n) is 4.05. The van der Waals surface area contributed by atoms with E-state index in [0.717, 1.165) is 57.9 Å². The summed E-state index contributed by atoms with van der Waals surface area (Å²) in [5.41, 5.74) is 2.49. The molecule has 4 rings (SSSR count). The number of aromatic nitrogens is 2. The van der Waals surface area contributed by atoms with Crippen LogP contribution < -0.4 is 0 Å². The molecule has 0 bridgehead atoms. The molecule has 0 saturated carbocycles. The SMILES string of the molecule is Cc1cccc(C(=O)N2CCC3(CC2)CN(Cc2cccnc2)CCO3)n1. The number of rotatable bonds is 3. The molecular formula is C21H26N4O2. The van der Waals surface area contributed by atoms with E-state index in [1.165, 1.54) is 5.56 Å². The predicted octanol–water partition coefficient (Wildman–Crippen LogP) is 2.29. The van der Waals surface area contributed by atoms with E-state index in [1.54, 1.807) is 12.3 Å². The number of aryl methyl sites for hydroxylation is 1. The second kappa shape index (κ2) is 7.74. The van der Waals surface area contributed by atoms with Gasteiger partial charge in [0, 0.05) is 50.8 Å². The quantitative estimate of drug-likeness (QED) is 0.834. The highest BCUT2D eigenvalue weighted by atomic mass is 16.5. The third kappa shape index (κ3) is 4.17. The van der Waals surface area contributed by atoms with Gasteiger partial charge in [0.2, 0.25) is 0 Å². The Kier molecular flexibility index (Phi) is 5.18. The molecule has 4 heterocycles. The van der Waals surface area contributed by atoms with Gasteiger partial charge in [0.15, 0.2) is 0 Å². The molecule has 0 unspecified atom stereocenters. The van der Waals surface area contributed by atoms with Crippen molar-refractivity contribution in [2.45, 2.75) is 31.9 Å². The molecule has 27 heavy (non-hydrogen) atoms. The predicted molar refractivity (Wildman–Crippen MR) is 102 cm³/mol. The van der Waals surface area contributed by atoms with Gasteiger partial charge in [-0.1, -0.05) is 12.1 Å². The van der Waals surface area contributed by atoms with Gasteiger partial charge >= 0.3 is 0 Å². The number of piperidine rings is 1. The van der Waals surface area contributed by atoms with Crippen molar-refractivity contribution in [1.29, 1.82) is 0 Å². The second-order valence-corrected chi connectivity index (χ2v) is 7.56. The number of hydrogen-bond acceptors (Lipinski definition) is 5. The molecular weight excluding hydrogens is 340 g/mol. The van der Waals surface area contributed by atoms with Crippen molar-refractivity contribution in [3.8, 4) is 0 Å². The summed E-state index contributed by atoms with van der Waals surface area (Å²) in [7, 11) is 0. The smallest absolute Gasteiger partial charge is 0.272 e. The number of likely N-dealkylation sites (tertiary alicyclic amines) is 1. The summed E-state index contributed by atoms with van der Waals surface area (Å²) in [6.45, 7) is 6.83. The Hall–Kier alpha value is -2.31. The van der Waals surface area contributed by atoms with Crippen LogP contribution in [0.2, 0.25) is 0 Å². The molecule has 2 saturated heterocycles. The van der Waals surface area contributed by atoms with Crippen molar-refractivity contribution in [3.05, 3.63) is 59.7 Å². The van der Waals surface area contributed by atoms with Crippen LogP contribution in [0.4, 0.5) is 0 Å². The van der Waals surface area contributed by atoms with Crippen LogP contribution in [0.5, 0.6) is 0 Å². The van der Waals surface area contributed by atoms with Crippen molar-refractivity contribution in [1.82, 2.24) is 19.8 Å². The molecule has 0 aliphatic carbocycles. The number of hydrogen-bond donors (Lipinski definition) is 0. The fraction of sp³-hybridized carbons (Fsp3) is 0.476. The number of morpholine rings is 1. The molecule has 1 amide bonds. The Balaban J connectivity index is 1.37. The topological polar surface area (TPSA) is 58.6 Å². The second-order valence-electron chi connectivity index (χ2n) is 7.56. The summed E-state index contributed by atoms with van der Waals surface area (Å²) >= 11 is 0. The molecule has 1 spiro atoms. The maximum Gasteiger partial charge on any atom is 0.272 e. The molecule has 0 radical (unpaired) electrons. The van der Waals surface area contributed by atoms with Gasteiger partial charge in [-0.25, -0.2) is 4.98 Å². The summed E-state index contributed by atoms with van der Waals surface area (Å²) in [5, 5.41) is 0. The van der Waals surface area contributed by atoms with Crippen LogP contribution in [0.1, 0.15) is 34.6 Å². The average Bonchev–Trinajstić information content (AvgIpc) is 2.69. The Bertz CT molecular complexity index is 788. The fourth-order valence-corrected chi connectivity index (χ4v) is 4.05. The first kappa shape index (κ1) is 18.1. The minimum Gasteiger partial charge on any atom is -0.372 e. The number of amides is 1. The van der Waals surface area contributed by atoms with E-state index in [2.05, 4.69) is 20.9 Å². The standard InChI is InChI=1S/C21H26N4O2/c1-17-4-2-6-19(23-17)20(26)25-10-7-21(8-11-25)16-24(12-13-27-21)15-18-5-3-9-22-14-18/h2-6,9,14H,7-8,10-13,15-16H2,1H3. The molecule has 2 aliphatic rings. The summed E-state index contributed by atoms with van der Waals surface area (Å²) < 4.78 is 6.22. The first-order chi connectivity index (χ1) is 13.1. The summed E-state index contributed by atoms with van der Waals surface area (Å²) in [5.74, 6) is 0.0246. The lowest BCUT2D eigenvalue weighted by Gasteiger charge is -2.47. The van der Waals surface area contributed by atoms with Gasteiger partial charge in [0.1, 0.15) is 5.69 Å². The Morgan fingerprint density at radius 2 is 2.04 bits per heavy atom. The van der Waals surface area contributed by atoms with Gasteiger partial charge < -0.3 is 9.64 Å². The van der Waals surface area contributed by atoms with Crippen molar-refractivity contribution in [2.75, 3.05) is 32.8 Å². The van der Waals surface area contributed by atoms with E-state index in [1.807, 2.05) is 36.2 Å². The Morgan fingerprint density at radius 3 is 2.78 bits per heavy atom. The van der Waals surface area contributed by atoms with Gasteiger partial charge in [0.05, 0.1) is 12.2 Å². The molecule has 2 aromatic rings. The maximum absolute atomic E-state index is 12.7. The van der Waals surface area contributed by atoms with Crippen molar-refractivity contribution >= 4 is 5.91 Å². The number of carbonyl (C=O) groups excluding carboxylic acids is 1. The summed E-state index contributed by atoms with van der Waals surface area (Å²) in [6.07, 6.45) is 5.47. The number of carbonyl (C=O) groups is 1. The summed E-state index contributed by atoms with van der Waals surface area (Å²) in [4.78, 5) is 25.7. The number of pyridine rings is 2. The van der Waals surface area contributed by atoms with Crippen molar-refractivity contribution < 1.29 is 9.53 Å². The third-order valence-electron chi connectivity index (χ3n) is 5.53. The number of nitrogens with zero attached hydrogens (tertiary/aromatic N) is 4. The first-order valence-corrected chi connectivity index (χ1v) is 9.62. The van der Waals surface area contributed by atoms with Gasteiger partial charge in [-0.05, 0) is 43.5 Å².